The standard InChI is InChI=1S/C26H38/c1-2-4-6-26-15-19-8-20(16-26)12-22(11-19)24(26)23-21-9-17-7-18(10-21)14-25(23,13-17)5-3-1/h17-22H,1-16H2/b24-23-/t17-,18+,19-,20+,21?,22?,25?,26?. The molecular weight excluding hydrogens is 312 g/mol. The van der Waals surface area contributed by atoms with Crippen molar-refractivity contribution >= 4 is 0 Å². The van der Waals surface area contributed by atoms with Crippen LogP contribution in [0.15, 0.2) is 11.1 Å². The molecule has 0 aromatic rings. The van der Waals surface area contributed by atoms with Crippen LogP contribution in [0.1, 0.15) is 103 Å². The van der Waals surface area contributed by atoms with Crippen molar-refractivity contribution in [1.82, 2.24) is 0 Å². The fraction of sp³-hybridized carbons (Fsp3) is 0.923. The fourth-order valence-electron chi connectivity index (χ4n) is 10.9. The fourth-order valence-corrected chi connectivity index (χ4v) is 10.9. The Labute approximate surface area is 160 Å². The zero-order valence-electron chi connectivity index (χ0n) is 16.8. The predicted octanol–water partition coefficient (Wildman–Crippen LogP) is 7.29. The average molecular weight is 351 g/mol. The first-order valence-corrected chi connectivity index (χ1v) is 12.5. The van der Waals surface area contributed by atoms with Crippen LogP contribution in [-0.2, 0) is 0 Å². The van der Waals surface area contributed by atoms with E-state index in [0.29, 0.717) is 10.8 Å². The molecule has 8 bridgehead atoms. The quantitative estimate of drug-likeness (QED) is 0.402. The van der Waals surface area contributed by atoms with Gasteiger partial charge in [0.1, 0.15) is 0 Å². The van der Waals surface area contributed by atoms with Gasteiger partial charge in [0.05, 0.1) is 0 Å². The van der Waals surface area contributed by atoms with E-state index in [1.807, 2.05) is 0 Å². The molecule has 0 heteroatoms. The van der Waals surface area contributed by atoms with Gasteiger partial charge < -0.3 is 0 Å². The molecule has 26 heavy (non-hydrogen) atoms. The van der Waals surface area contributed by atoms with Crippen LogP contribution in [0.3, 0.4) is 0 Å². The molecule has 2 spiro atoms. The van der Waals surface area contributed by atoms with E-state index in [1.54, 1.807) is 89.9 Å². The van der Waals surface area contributed by atoms with Crippen LogP contribution in [0.5, 0.6) is 0 Å². The third-order valence-electron chi connectivity index (χ3n) is 10.8. The van der Waals surface area contributed by atoms with Crippen molar-refractivity contribution in [3.8, 4) is 0 Å². The Bertz CT molecular complexity index is 569. The van der Waals surface area contributed by atoms with Crippen LogP contribution in [-0.4, -0.2) is 0 Å². The van der Waals surface area contributed by atoms with E-state index in [4.69, 9.17) is 0 Å². The van der Waals surface area contributed by atoms with Crippen LogP contribution in [0.4, 0.5) is 0 Å². The molecule has 0 N–H and O–H groups in total. The lowest BCUT2D eigenvalue weighted by atomic mass is 9.40. The first-order chi connectivity index (χ1) is 12.7. The number of allylic oxidation sites excluding steroid dienone is 2. The molecule has 8 atom stereocenters. The Morgan fingerprint density at radius 2 is 0.846 bits per heavy atom. The maximum absolute atomic E-state index is 2.19. The molecule has 9 rings (SSSR count). The van der Waals surface area contributed by atoms with Gasteiger partial charge in [0, 0.05) is 0 Å². The van der Waals surface area contributed by atoms with E-state index < -0.39 is 0 Å². The Morgan fingerprint density at radius 3 is 1.23 bits per heavy atom. The maximum Gasteiger partial charge on any atom is -0.00770 e. The molecular formula is C26H38. The van der Waals surface area contributed by atoms with Crippen LogP contribution in [0.25, 0.3) is 0 Å². The minimum atomic E-state index is 0.712. The molecule has 0 amide bonds. The van der Waals surface area contributed by atoms with Gasteiger partial charge >= 0.3 is 0 Å². The zero-order chi connectivity index (χ0) is 16.9. The number of hydrogen-bond donors (Lipinski definition) is 0. The summed E-state index contributed by atoms with van der Waals surface area (Å²) >= 11 is 0. The van der Waals surface area contributed by atoms with Crippen molar-refractivity contribution in [2.45, 2.75) is 103 Å². The molecule has 0 heterocycles. The van der Waals surface area contributed by atoms with Gasteiger partial charge in [0.2, 0.25) is 0 Å². The maximum atomic E-state index is 2.19. The van der Waals surface area contributed by atoms with Crippen LogP contribution >= 0.6 is 0 Å². The van der Waals surface area contributed by atoms with Gasteiger partial charge in [-0.2, -0.15) is 0 Å². The monoisotopic (exact) mass is 350 g/mol. The molecule has 0 saturated heterocycles. The minimum Gasteiger partial charge on any atom is -0.0608 e. The number of hydrogen-bond acceptors (Lipinski definition) is 0. The first-order valence-electron chi connectivity index (χ1n) is 12.5. The lowest BCUT2D eigenvalue weighted by Gasteiger charge is -2.65. The number of rotatable bonds is 0. The molecule has 0 aromatic heterocycles. The van der Waals surface area contributed by atoms with Crippen molar-refractivity contribution in [2.75, 3.05) is 0 Å². The Balaban J connectivity index is 1.44. The van der Waals surface area contributed by atoms with E-state index in [0.717, 1.165) is 35.5 Å². The second kappa shape index (κ2) is 5.21. The highest BCUT2D eigenvalue weighted by Crippen LogP contribution is 2.72. The van der Waals surface area contributed by atoms with Gasteiger partial charge in [-0.15, -0.1) is 0 Å². The summed E-state index contributed by atoms with van der Waals surface area (Å²) in [5, 5.41) is 0. The van der Waals surface area contributed by atoms with E-state index >= 15 is 0 Å². The summed E-state index contributed by atoms with van der Waals surface area (Å²) in [4.78, 5) is 0. The Kier molecular flexibility index (Phi) is 3.13. The smallest absolute Gasteiger partial charge is 0.00770 e. The second-order valence-corrected chi connectivity index (χ2v) is 12.4. The van der Waals surface area contributed by atoms with Crippen molar-refractivity contribution in [3.05, 3.63) is 11.1 Å². The minimum absolute atomic E-state index is 0.712. The van der Waals surface area contributed by atoms with Crippen LogP contribution < -0.4 is 0 Å². The van der Waals surface area contributed by atoms with Gasteiger partial charge in [-0.3, -0.25) is 0 Å². The third-order valence-corrected chi connectivity index (χ3v) is 10.8. The summed E-state index contributed by atoms with van der Waals surface area (Å²) in [6.45, 7) is 0. The third kappa shape index (κ3) is 1.98. The molecule has 8 fully saturated rings. The predicted molar refractivity (Wildman–Crippen MR) is 107 cm³/mol. The molecule has 142 valence electrons. The summed E-state index contributed by atoms with van der Waals surface area (Å²) in [6.07, 6.45) is 25.5. The first kappa shape index (κ1) is 15.6. The topological polar surface area (TPSA) is 0 Å². The van der Waals surface area contributed by atoms with E-state index in [2.05, 4.69) is 11.1 Å². The van der Waals surface area contributed by atoms with E-state index in [9.17, 15) is 0 Å². The molecule has 0 aromatic carbocycles. The second-order valence-electron chi connectivity index (χ2n) is 12.4. The largest absolute Gasteiger partial charge is 0.0608 e. The van der Waals surface area contributed by atoms with Crippen LogP contribution in [0, 0.1) is 46.3 Å². The Morgan fingerprint density at radius 1 is 0.462 bits per heavy atom. The molecule has 0 radical (unpaired) electrons. The van der Waals surface area contributed by atoms with Crippen LogP contribution in [0.2, 0.25) is 0 Å². The summed E-state index contributed by atoms with van der Waals surface area (Å²) in [7, 11) is 0. The summed E-state index contributed by atoms with van der Waals surface area (Å²) in [6, 6.07) is 0. The summed E-state index contributed by atoms with van der Waals surface area (Å²) in [5.74, 6) is 6.57. The van der Waals surface area contributed by atoms with Gasteiger partial charge in [-0.25, -0.2) is 0 Å². The van der Waals surface area contributed by atoms with Crippen molar-refractivity contribution in [3.63, 3.8) is 0 Å². The summed E-state index contributed by atoms with van der Waals surface area (Å²) < 4.78 is 0. The van der Waals surface area contributed by atoms with Gasteiger partial charge in [-0.05, 0) is 123 Å². The van der Waals surface area contributed by atoms with Crippen molar-refractivity contribution in [2.24, 2.45) is 46.3 Å². The van der Waals surface area contributed by atoms with Crippen molar-refractivity contribution < 1.29 is 0 Å². The highest BCUT2D eigenvalue weighted by atomic mass is 14.6. The Hall–Kier alpha value is -0.260. The highest BCUT2D eigenvalue weighted by molar-refractivity contribution is 5.40. The normalized spacial score (nSPS) is 60.0. The summed E-state index contributed by atoms with van der Waals surface area (Å²) in [5.41, 5.74) is 5.80. The molecule has 4 unspecified atom stereocenters. The molecule has 9 aliphatic carbocycles. The highest BCUT2D eigenvalue weighted by Gasteiger charge is 2.60. The van der Waals surface area contributed by atoms with E-state index in [-0.39, 0.29) is 0 Å². The van der Waals surface area contributed by atoms with Crippen molar-refractivity contribution in [1.29, 1.82) is 0 Å². The molecule has 0 aliphatic heterocycles. The zero-order valence-corrected chi connectivity index (χ0v) is 16.8. The van der Waals surface area contributed by atoms with Gasteiger partial charge in [0.15, 0.2) is 0 Å². The molecule has 8 saturated carbocycles. The lowest BCUT2D eigenvalue weighted by molar-refractivity contribution is -0.0368. The SMILES string of the molecule is C1CCCC23C[C@@H]4CC(C[C@@H](C4)C2)/C3=C2\C3C[C@@H]4C[C@H](C3)CC2(CC1)C4. The van der Waals surface area contributed by atoms with Gasteiger partial charge in [-0.1, -0.05) is 36.8 Å². The molecule has 0 nitrogen and oxygen atoms in total. The molecule has 9 aliphatic rings. The average Bonchev–Trinajstić information content (AvgIpc) is 2.58. The van der Waals surface area contributed by atoms with Gasteiger partial charge in [0.25, 0.3) is 0 Å². The lowest BCUT2D eigenvalue weighted by Crippen LogP contribution is -2.54. The van der Waals surface area contributed by atoms with E-state index in [1.165, 1.54) is 12.8 Å².